The van der Waals surface area contributed by atoms with Gasteiger partial charge in [-0.15, -0.1) is 0 Å². The molecule has 5 nitrogen and oxygen atoms in total. The minimum atomic E-state index is -0.776. The van der Waals surface area contributed by atoms with E-state index in [4.69, 9.17) is 10.2 Å². The average molecular weight is 230 g/mol. The fourth-order valence-corrected chi connectivity index (χ4v) is 2.09. The molecule has 0 aromatic carbocycles. The van der Waals surface area contributed by atoms with Crippen LogP contribution in [0.1, 0.15) is 19.8 Å². The standard InChI is InChI=1S/C11H22N2O3/c1-9(11(15)16)7-13(5-6-14)8-10-3-2-4-12-10/h9-10,12,14H,2-8H2,1H3,(H,15,16). The number of aliphatic hydroxyl groups is 1. The Morgan fingerprint density at radius 3 is 2.88 bits per heavy atom. The van der Waals surface area contributed by atoms with Crippen LogP contribution in [-0.4, -0.2) is 59.9 Å². The molecule has 1 saturated heterocycles. The normalized spacial score (nSPS) is 22.6. The lowest BCUT2D eigenvalue weighted by atomic mass is 10.1. The third-order valence-corrected chi connectivity index (χ3v) is 3.01. The molecule has 0 spiro atoms. The van der Waals surface area contributed by atoms with Crippen LogP contribution in [0.5, 0.6) is 0 Å². The van der Waals surface area contributed by atoms with Crippen molar-refractivity contribution in [3.05, 3.63) is 0 Å². The maximum absolute atomic E-state index is 10.8. The topological polar surface area (TPSA) is 72.8 Å². The molecule has 5 heteroatoms. The summed E-state index contributed by atoms with van der Waals surface area (Å²) in [5.74, 6) is -1.16. The molecule has 0 aromatic heterocycles. The van der Waals surface area contributed by atoms with E-state index in [9.17, 15) is 4.79 Å². The van der Waals surface area contributed by atoms with Gasteiger partial charge in [-0.05, 0) is 19.4 Å². The van der Waals surface area contributed by atoms with Crippen LogP contribution >= 0.6 is 0 Å². The maximum atomic E-state index is 10.8. The van der Waals surface area contributed by atoms with Gasteiger partial charge in [-0.1, -0.05) is 6.92 Å². The van der Waals surface area contributed by atoms with Crippen LogP contribution < -0.4 is 5.32 Å². The second-order valence-corrected chi connectivity index (χ2v) is 4.52. The van der Waals surface area contributed by atoms with Crippen LogP contribution in [0, 0.1) is 5.92 Å². The van der Waals surface area contributed by atoms with Crippen LogP contribution in [-0.2, 0) is 4.79 Å². The van der Waals surface area contributed by atoms with Gasteiger partial charge in [0.25, 0.3) is 0 Å². The Kier molecular flexibility index (Phi) is 5.73. The van der Waals surface area contributed by atoms with E-state index in [2.05, 4.69) is 5.32 Å². The molecule has 0 radical (unpaired) electrons. The zero-order chi connectivity index (χ0) is 12.0. The number of hydrogen-bond acceptors (Lipinski definition) is 4. The van der Waals surface area contributed by atoms with Crippen molar-refractivity contribution in [2.75, 3.05) is 32.8 Å². The number of carboxylic acid groups (broad SMARTS) is 1. The van der Waals surface area contributed by atoms with Crippen LogP contribution in [0.3, 0.4) is 0 Å². The highest BCUT2D eigenvalue weighted by atomic mass is 16.4. The number of carbonyl (C=O) groups is 1. The van der Waals surface area contributed by atoms with Crippen LogP contribution in [0.4, 0.5) is 0 Å². The van der Waals surface area contributed by atoms with Gasteiger partial charge in [0.1, 0.15) is 0 Å². The molecule has 0 aliphatic carbocycles. The first kappa shape index (κ1) is 13.4. The minimum Gasteiger partial charge on any atom is -0.481 e. The molecular weight excluding hydrogens is 208 g/mol. The van der Waals surface area contributed by atoms with Crippen molar-refractivity contribution >= 4 is 5.97 Å². The zero-order valence-corrected chi connectivity index (χ0v) is 9.85. The third-order valence-electron chi connectivity index (χ3n) is 3.01. The van der Waals surface area contributed by atoms with Gasteiger partial charge >= 0.3 is 5.97 Å². The highest BCUT2D eigenvalue weighted by molar-refractivity contribution is 5.69. The summed E-state index contributed by atoms with van der Waals surface area (Å²) < 4.78 is 0. The van der Waals surface area contributed by atoms with Crippen molar-refractivity contribution in [3.63, 3.8) is 0 Å². The Morgan fingerprint density at radius 1 is 1.62 bits per heavy atom. The van der Waals surface area contributed by atoms with Crippen molar-refractivity contribution in [1.29, 1.82) is 0 Å². The second-order valence-electron chi connectivity index (χ2n) is 4.52. The smallest absolute Gasteiger partial charge is 0.307 e. The lowest BCUT2D eigenvalue weighted by Crippen LogP contribution is -2.42. The molecule has 3 N–H and O–H groups in total. The molecule has 94 valence electrons. The molecular formula is C11H22N2O3. The van der Waals surface area contributed by atoms with Gasteiger partial charge in [0.05, 0.1) is 12.5 Å². The molecule has 2 atom stereocenters. The predicted molar refractivity (Wildman–Crippen MR) is 61.4 cm³/mol. The largest absolute Gasteiger partial charge is 0.481 e. The van der Waals surface area contributed by atoms with Gasteiger partial charge in [-0.2, -0.15) is 0 Å². The summed E-state index contributed by atoms with van der Waals surface area (Å²) in [7, 11) is 0. The monoisotopic (exact) mass is 230 g/mol. The molecule has 1 heterocycles. The summed E-state index contributed by atoms with van der Waals surface area (Å²) in [6, 6.07) is 0.451. The van der Waals surface area contributed by atoms with E-state index in [1.165, 1.54) is 6.42 Å². The Morgan fingerprint density at radius 2 is 2.38 bits per heavy atom. The first-order chi connectivity index (χ1) is 7.63. The van der Waals surface area contributed by atoms with Gasteiger partial charge < -0.3 is 15.5 Å². The van der Waals surface area contributed by atoms with Gasteiger partial charge in [0, 0.05) is 25.7 Å². The summed E-state index contributed by atoms with van der Waals surface area (Å²) >= 11 is 0. The molecule has 1 fully saturated rings. The number of aliphatic hydroxyl groups excluding tert-OH is 1. The quantitative estimate of drug-likeness (QED) is 0.562. The molecule has 1 aliphatic heterocycles. The van der Waals surface area contributed by atoms with Gasteiger partial charge in [0.15, 0.2) is 0 Å². The van der Waals surface area contributed by atoms with E-state index in [0.29, 0.717) is 19.1 Å². The average Bonchev–Trinajstić information content (AvgIpc) is 2.70. The highest BCUT2D eigenvalue weighted by Crippen LogP contribution is 2.08. The number of nitrogens with zero attached hydrogens (tertiary/aromatic N) is 1. The van der Waals surface area contributed by atoms with Gasteiger partial charge in [-0.25, -0.2) is 0 Å². The fourth-order valence-electron chi connectivity index (χ4n) is 2.09. The van der Waals surface area contributed by atoms with Crippen molar-refractivity contribution < 1.29 is 15.0 Å². The van der Waals surface area contributed by atoms with Crippen LogP contribution in [0.2, 0.25) is 0 Å². The van der Waals surface area contributed by atoms with Crippen LogP contribution in [0.15, 0.2) is 0 Å². The Balaban J connectivity index is 2.36. The number of hydrogen-bond donors (Lipinski definition) is 3. The summed E-state index contributed by atoms with van der Waals surface area (Å²) in [6.07, 6.45) is 2.33. The van der Waals surface area contributed by atoms with E-state index < -0.39 is 5.97 Å². The zero-order valence-electron chi connectivity index (χ0n) is 9.85. The molecule has 1 rings (SSSR count). The first-order valence-electron chi connectivity index (χ1n) is 5.93. The fraction of sp³-hybridized carbons (Fsp3) is 0.909. The number of rotatable bonds is 7. The minimum absolute atomic E-state index is 0.0824. The Labute approximate surface area is 96.4 Å². The Bertz CT molecular complexity index is 217. The summed E-state index contributed by atoms with van der Waals surface area (Å²) in [5, 5.41) is 21.2. The van der Waals surface area contributed by atoms with Gasteiger partial charge in [-0.3, -0.25) is 9.69 Å². The molecule has 0 bridgehead atoms. The molecule has 0 aromatic rings. The predicted octanol–water partition coefficient (Wildman–Crippen LogP) is -0.247. The Hall–Kier alpha value is -0.650. The molecule has 2 unspecified atom stereocenters. The van der Waals surface area contributed by atoms with Crippen molar-refractivity contribution in [2.45, 2.75) is 25.8 Å². The molecule has 1 aliphatic rings. The lowest BCUT2D eigenvalue weighted by Gasteiger charge is -2.26. The summed E-state index contributed by atoms with van der Waals surface area (Å²) in [5.41, 5.74) is 0. The van der Waals surface area contributed by atoms with E-state index in [1.54, 1.807) is 6.92 Å². The van der Waals surface area contributed by atoms with Crippen molar-refractivity contribution in [3.8, 4) is 0 Å². The summed E-state index contributed by atoms with van der Waals surface area (Å²) in [4.78, 5) is 12.8. The number of carboxylic acids is 1. The molecule has 0 saturated carbocycles. The van der Waals surface area contributed by atoms with E-state index in [-0.39, 0.29) is 12.5 Å². The van der Waals surface area contributed by atoms with Gasteiger partial charge in [0.2, 0.25) is 0 Å². The first-order valence-corrected chi connectivity index (χ1v) is 5.93. The summed E-state index contributed by atoms with van der Waals surface area (Å²) in [6.45, 7) is 4.72. The van der Waals surface area contributed by atoms with E-state index >= 15 is 0 Å². The van der Waals surface area contributed by atoms with Crippen molar-refractivity contribution in [1.82, 2.24) is 10.2 Å². The second kappa shape index (κ2) is 6.83. The highest BCUT2D eigenvalue weighted by Gasteiger charge is 2.21. The third kappa shape index (κ3) is 4.47. The van der Waals surface area contributed by atoms with Crippen molar-refractivity contribution in [2.24, 2.45) is 5.92 Å². The number of nitrogens with one attached hydrogen (secondary N) is 1. The lowest BCUT2D eigenvalue weighted by molar-refractivity contribution is -0.141. The maximum Gasteiger partial charge on any atom is 0.307 e. The molecule has 0 amide bonds. The SMILES string of the molecule is CC(CN(CCO)CC1CCCN1)C(=O)O. The van der Waals surface area contributed by atoms with E-state index in [1.807, 2.05) is 4.90 Å². The number of aliphatic carboxylic acids is 1. The van der Waals surface area contributed by atoms with E-state index in [0.717, 1.165) is 19.5 Å². The van der Waals surface area contributed by atoms with Crippen LogP contribution in [0.25, 0.3) is 0 Å². The molecule has 16 heavy (non-hydrogen) atoms.